The van der Waals surface area contributed by atoms with Gasteiger partial charge in [0.15, 0.2) is 0 Å². The molecule has 3 N–H and O–H groups in total. The van der Waals surface area contributed by atoms with Gasteiger partial charge in [-0.2, -0.15) is 0 Å². The Morgan fingerprint density at radius 3 is 2.86 bits per heavy atom. The fourth-order valence-corrected chi connectivity index (χ4v) is 3.83. The summed E-state index contributed by atoms with van der Waals surface area (Å²) < 4.78 is 6.28. The Morgan fingerprint density at radius 1 is 1.43 bits per heavy atom. The lowest BCUT2D eigenvalue weighted by atomic mass is 9.92. The second kappa shape index (κ2) is 5.48. The van der Waals surface area contributed by atoms with E-state index in [2.05, 4.69) is 5.32 Å². The van der Waals surface area contributed by atoms with Crippen molar-refractivity contribution in [2.24, 2.45) is 0 Å². The van der Waals surface area contributed by atoms with Crippen LogP contribution in [0, 0.1) is 0 Å². The molecule has 6 heteroatoms. The third-order valence-corrected chi connectivity index (χ3v) is 5.31. The van der Waals surface area contributed by atoms with Crippen LogP contribution in [0.2, 0.25) is 5.02 Å². The van der Waals surface area contributed by atoms with Crippen LogP contribution in [0.3, 0.4) is 0 Å². The molecule has 4 nitrogen and oxygen atoms in total. The highest BCUT2D eigenvalue weighted by Crippen LogP contribution is 2.35. The van der Waals surface area contributed by atoms with Gasteiger partial charge in [-0.1, -0.05) is 11.6 Å². The molecule has 112 valence electrons. The van der Waals surface area contributed by atoms with Gasteiger partial charge in [-0.15, -0.1) is 11.3 Å². The van der Waals surface area contributed by atoms with Crippen LogP contribution in [0.15, 0.2) is 18.2 Å². The number of benzene rings is 1. The molecular weight excluding hydrogens is 308 g/mol. The summed E-state index contributed by atoms with van der Waals surface area (Å²) in [4.78, 5) is 13.1. The van der Waals surface area contributed by atoms with Crippen molar-refractivity contribution < 1.29 is 9.53 Å². The van der Waals surface area contributed by atoms with Crippen LogP contribution < -0.4 is 11.1 Å². The van der Waals surface area contributed by atoms with Gasteiger partial charge in [0, 0.05) is 33.9 Å². The predicted molar refractivity (Wildman–Crippen MR) is 87.2 cm³/mol. The zero-order valence-corrected chi connectivity index (χ0v) is 13.3. The first-order chi connectivity index (χ1) is 9.98. The number of anilines is 1. The van der Waals surface area contributed by atoms with Crippen molar-refractivity contribution in [2.45, 2.75) is 25.3 Å². The third-order valence-electron chi connectivity index (χ3n) is 3.91. The largest absolute Gasteiger partial charge is 0.397 e. The summed E-state index contributed by atoms with van der Waals surface area (Å²) >= 11 is 7.37. The Bertz CT molecular complexity index is 692. The Balaban J connectivity index is 1.89. The highest BCUT2D eigenvalue weighted by molar-refractivity contribution is 7.21. The smallest absolute Gasteiger partial charge is 0.263 e. The molecule has 0 unspecified atom stereocenters. The van der Waals surface area contributed by atoms with Gasteiger partial charge >= 0.3 is 0 Å². The predicted octanol–water partition coefficient (Wildman–Crippen LogP) is 3.44. The Hall–Kier alpha value is -1.30. The number of thiophene rings is 1. The summed E-state index contributed by atoms with van der Waals surface area (Å²) in [6, 6.07) is 5.48. The molecule has 1 amide bonds. The number of rotatable bonds is 2. The number of nitrogens with one attached hydrogen (secondary N) is 1. The summed E-state index contributed by atoms with van der Waals surface area (Å²) in [7, 11) is 0. The van der Waals surface area contributed by atoms with E-state index >= 15 is 0 Å². The Kier molecular flexibility index (Phi) is 3.82. The molecule has 1 aromatic heterocycles. The average Bonchev–Trinajstić information content (AvgIpc) is 2.76. The van der Waals surface area contributed by atoms with E-state index in [9.17, 15) is 4.79 Å². The molecule has 0 saturated carbocycles. The van der Waals surface area contributed by atoms with Crippen molar-refractivity contribution in [1.82, 2.24) is 5.32 Å². The van der Waals surface area contributed by atoms with E-state index in [0.29, 0.717) is 28.8 Å². The second-order valence-corrected chi connectivity index (χ2v) is 7.10. The van der Waals surface area contributed by atoms with Gasteiger partial charge in [-0.25, -0.2) is 0 Å². The Labute approximate surface area is 132 Å². The van der Waals surface area contributed by atoms with Crippen molar-refractivity contribution in [2.75, 3.05) is 18.9 Å². The minimum absolute atomic E-state index is 0.116. The van der Waals surface area contributed by atoms with E-state index in [4.69, 9.17) is 22.1 Å². The molecule has 1 saturated heterocycles. The van der Waals surface area contributed by atoms with Crippen LogP contribution in [0.5, 0.6) is 0 Å². The highest BCUT2D eigenvalue weighted by atomic mass is 35.5. The maximum Gasteiger partial charge on any atom is 0.263 e. The molecule has 1 aromatic carbocycles. The summed E-state index contributed by atoms with van der Waals surface area (Å²) in [5.74, 6) is -0.116. The molecule has 0 spiro atoms. The van der Waals surface area contributed by atoms with Crippen molar-refractivity contribution >= 4 is 44.6 Å². The van der Waals surface area contributed by atoms with Gasteiger partial charge in [-0.05, 0) is 38.0 Å². The molecule has 2 aromatic rings. The lowest BCUT2D eigenvalue weighted by Gasteiger charge is -2.34. The van der Waals surface area contributed by atoms with Crippen LogP contribution in [0.4, 0.5) is 5.69 Å². The Morgan fingerprint density at radius 2 is 2.14 bits per heavy atom. The van der Waals surface area contributed by atoms with Crippen molar-refractivity contribution in [3.63, 3.8) is 0 Å². The fraction of sp³-hybridized carbons (Fsp3) is 0.400. The molecule has 1 aliphatic heterocycles. The first kappa shape index (κ1) is 14.6. The number of hydrogen-bond donors (Lipinski definition) is 2. The van der Waals surface area contributed by atoms with Gasteiger partial charge < -0.3 is 15.8 Å². The molecular formula is C15H17ClN2O2S. The lowest BCUT2D eigenvalue weighted by molar-refractivity contribution is 0.0424. The van der Waals surface area contributed by atoms with E-state index < -0.39 is 0 Å². The van der Waals surface area contributed by atoms with Gasteiger partial charge in [0.2, 0.25) is 0 Å². The van der Waals surface area contributed by atoms with Crippen LogP contribution in [0.25, 0.3) is 10.1 Å². The molecule has 21 heavy (non-hydrogen) atoms. The summed E-state index contributed by atoms with van der Waals surface area (Å²) in [5.41, 5.74) is 6.42. The summed E-state index contributed by atoms with van der Waals surface area (Å²) in [5, 5.41) is 4.63. The topological polar surface area (TPSA) is 64.4 Å². The minimum Gasteiger partial charge on any atom is -0.397 e. The zero-order chi connectivity index (χ0) is 15.0. The van der Waals surface area contributed by atoms with Gasteiger partial charge in [0.25, 0.3) is 5.91 Å². The van der Waals surface area contributed by atoms with Crippen LogP contribution in [0.1, 0.15) is 29.4 Å². The molecule has 0 atom stereocenters. The van der Waals surface area contributed by atoms with Crippen molar-refractivity contribution in [1.29, 1.82) is 0 Å². The van der Waals surface area contributed by atoms with E-state index in [-0.39, 0.29) is 11.4 Å². The van der Waals surface area contributed by atoms with Crippen LogP contribution in [-0.2, 0) is 4.74 Å². The van der Waals surface area contributed by atoms with E-state index in [1.807, 2.05) is 19.1 Å². The number of carbonyl (C=O) groups excluding carboxylic acids is 1. The van der Waals surface area contributed by atoms with E-state index in [1.165, 1.54) is 11.3 Å². The zero-order valence-electron chi connectivity index (χ0n) is 11.7. The number of amides is 1. The van der Waals surface area contributed by atoms with E-state index in [0.717, 1.165) is 22.9 Å². The number of ether oxygens (including phenoxy) is 1. The van der Waals surface area contributed by atoms with E-state index in [1.54, 1.807) is 6.07 Å². The van der Waals surface area contributed by atoms with Gasteiger partial charge in [-0.3, -0.25) is 4.79 Å². The van der Waals surface area contributed by atoms with Crippen molar-refractivity contribution in [3.05, 3.63) is 28.1 Å². The quantitative estimate of drug-likeness (QED) is 0.889. The number of nitrogens with two attached hydrogens (primary N) is 1. The number of fused-ring (bicyclic) bond motifs is 1. The number of carbonyl (C=O) groups is 1. The summed E-state index contributed by atoms with van der Waals surface area (Å²) in [6.07, 6.45) is 1.63. The molecule has 1 aliphatic rings. The fourth-order valence-electron chi connectivity index (χ4n) is 2.54. The number of hydrogen-bond acceptors (Lipinski definition) is 4. The molecule has 0 aliphatic carbocycles. The SMILES string of the molecule is CC1(NC(=O)c2sc3cc(Cl)ccc3c2N)CCOCC1. The normalized spacial score (nSPS) is 17.8. The maximum absolute atomic E-state index is 12.5. The molecule has 0 radical (unpaired) electrons. The molecule has 2 heterocycles. The van der Waals surface area contributed by atoms with Crippen LogP contribution in [-0.4, -0.2) is 24.7 Å². The molecule has 1 fully saturated rings. The first-order valence-corrected chi connectivity index (χ1v) is 8.06. The minimum atomic E-state index is -0.227. The van der Waals surface area contributed by atoms with Crippen LogP contribution >= 0.6 is 22.9 Å². The molecule has 3 rings (SSSR count). The maximum atomic E-state index is 12.5. The summed E-state index contributed by atoms with van der Waals surface area (Å²) in [6.45, 7) is 3.40. The number of halogens is 1. The van der Waals surface area contributed by atoms with Crippen molar-refractivity contribution in [3.8, 4) is 0 Å². The molecule has 0 bridgehead atoms. The first-order valence-electron chi connectivity index (χ1n) is 6.86. The third kappa shape index (κ3) is 2.86. The standard InChI is InChI=1S/C15H17ClN2O2S/c1-15(4-6-20-7-5-15)18-14(19)13-12(17)10-3-2-9(16)8-11(10)21-13/h2-3,8H,4-7,17H2,1H3,(H,18,19). The monoisotopic (exact) mass is 324 g/mol. The van der Waals surface area contributed by atoms with Gasteiger partial charge in [0.1, 0.15) is 4.88 Å². The lowest BCUT2D eigenvalue weighted by Crippen LogP contribution is -2.49. The van der Waals surface area contributed by atoms with Gasteiger partial charge in [0.05, 0.1) is 5.69 Å². The highest BCUT2D eigenvalue weighted by Gasteiger charge is 2.30. The average molecular weight is 325 g/mol. The second-order valence-electron chi connectivity index (χ2n) is 5.61. The number of nitrogen functional groups attached to an aromatic ring is 1.